The van der Waals surface area contributed by atoms with Crippen LogP contribution >= 0.6 is 0 Å². The first-order valence-corrected chi connectivity index (χ1v) is 5.81. The molecular formula is C12H19NO6. The third kappa shape index (κ3) is 10.8. The number of carbonyl (C=O) groups excluding carboxylic acids is 3. The van der Waals surface area contributed by atoms with Crippen LogP contribution in [0, 0.1) is 0 Å². The van der Waals surface area contributed by atoms with Crippen LogP contribution in [0.25, 0.3) is 0 Å². The second-order valence-electron chi connectivity index (χ2n) is 3.81. The molecule has 0 spiro atoms. The summed E-state index contributed by atoms with van der Waals surface area (Å²) in [6.45, 7) is 3.87. The van der Waals surface area contributed by atoms with Gasteiger partial charge in [0.05, 0.1) is 20.3 Å². The molecule has 0 aliphatic carbocycles. The highest BCUT2D eigenvalue weighted by Gasteiger charge is 2.04. The maximum absolute atomic E-state index is 11.1. The highest BCUT2D eigenvalue weighted by Crippen LogP contribution is 1.90. The topological polar surface area (TPSA) is 90.9 Å². The highest BCUT2D eigenvalue weighted by atomic mass is 16.6. The van der Waals surface area contributed by atoms with E-state index in [1.54, 1.807) is 0 Å². The third-order valence-corrected chi connectivity index (χ3v) is 1.73. The van der Waals surface area contributed by atoms with Crippen molar-refractivity contribution in [3.8, 4) is 0 Å². The zero-order chi connectivity index (χ0) is 14.7. The van der Waals surface area contributed by atoms with Crippen molar-refractivity contribution in [1.29, 1.82) is 0 Å². The maximum Gasteiger partial charge on any atom is 0.407 e. The van der Waals surface area contributed by atoms with Crippen LogP contribution in [0.3, 0.4) is 0 Å². The van der Waals surface area contributed by atoms with E-state index in [1.807, 2.05) is 13.8 Å². The number of hydrogen-bond acceptors (Lipinski definition) is 6. The molecule has 0 aromatic carbocycles. The Hall–Kier alpha value is -2.05. The number of carbonyl (C=O) groups is 3. The van der Waals surface area contributed by atoms with Gasteiger partial charge in [0, 0.05) is 24.6 Å². The van der Waals surface area contributed by atoms with E-state index in [1.165, 1.54) is 7.11 Å². The molecule has 0 rings (SSSR count). The Balaban J connectivity index is 3.59. The fraction of sp³-hybridized carbons (Fsp3) is 0.583. The zero-order valence-electron chi connectivity index (χ0n) is 11.3. The lowest BCUT2D eigenvalue weighted by Gasteiger charge is -2.09. The van der Waals surface area contributed by atoms with Crippen LogP contribution in [0.1, 0.15) is 20.3 Å². The average Bonchev–Trinajstić information content (AvgIpc) is 2.34. The summed E-state index contributed by atoms with van der Waals surface area (Å²) in [7, 11) is 1.21. The van der Waals surface area contributed by atoms with Crippen molar-refractivity contribution in [3.63, 3.8) is 0 Å². The molecule has 0 aliphatic rings. The van der Waals surface area contributed by atoms with E-state index in [2.05, 4.69) is 10.1 Å². The quantitative estimate of drug-likeness (QED) is 0.319. The number of amides is 1. The molecule has 0 aliphatic heterocycles. The Kier molecular flexibility index (Phi) is 8.86. The molecule has 19 heavy (non-hydrogen) atoms. The second kappa shape index (κ2) is 9.93. The molecule has 108 valence electrons. The Morgan fingerprint density at radius 2 is 1.63 bits per heavy atom. The molecule has 1 amide bonds. The minimum Gasteiger partial charge on any atom is -0.466 e. The molecule has 0 aromatic heterocycles. The van der Waals surface area contributed by atoms with Crippen LogP contribution in [0.5, 0.6) is 0 Å². The summed E-state index contributed by atoms with van der Waals surface area (Å²) in [5, 5.41) is 2.55. The summed E-state index contributed by atoms with van der Waals surface area (Å²) < 4.78 is 13.9. The van der Waals surface area contributed by atoms with Gasteiger partial charge >= 0.3 is 18.0 Å². The Bertz CT molecular complexity index is 337. The largest absolute Gasteiger partial charge is 0.466 e. The van der Waals surface area contributed by atoms with Crippen molar-refractivity contribution >= 4 is 18.0 Å². The van der Waals surface area contributed by atoms with Gasteiger partial charge in [-0.3, -0.25) is 0 Å². The van der Waals surface area contributed by atoms with E-state index < -0.39 is 18.0 Å². The van der Waals surface area contributed by atoms with Crippen LogP contribution in [0.4, 0.5) is 4.79 Å². The lowest BCUT2D eigenvalue weighted by atomic mass is 10.4. The minimum absolute atomic E-state index is 0.00814. The Morgan fingerprint density at radius 1 is 1.05 bits per heavy atom. The number of methoxy groups -OCH3 is 1. The molecule has 0 fully saturated rings. The number of ether oxygens (including phenoxy) is 3. The molecule has 0 unspecified atom stereocenters. The molecule has 7 heteroatoms. The number of rotatable bonds is 7. The SMILES string of the molecule is COC(=O)/C=C/C(=O)OCCCOC(=O)NC(C)C. The Labute approximate surface area is 111 Å². The first-order valence-electron chi connectivity index (χ1n) is 5.81. The molecule has 0 saturated carbocycles. The van der Waals surface area contributed by atoms with Gasteiger partial charge in [0.2, 0.25) is 0 Å². The average molecular weight is 273 g/mol. The molecule has 0 heterocycles. The summed E-state index contributed by atoms with van der Waals surface area (Å²) in [5.74, 6) is -1.29. The fourth-order valence-electron chi connectivity index (χ4n) is 0.926. The zero-order valence-corrected chi connectivity index (χ0v) is 11.3. The first-order chi connectivity index (χ1) is 8.95. The van der Waals surface area contributed by atoms with Gasteiger partial charge in [0.25, 0.3) is 0 Å². The predicted octanol–water partition coefficient (Wildman–Crippen LogP) is 0.783. The van der Waals surface area contributed by atoms with E-state index in [-0.39, 0.29) is 19.3 Å². The summed E-state index contributed by atoms with van der Waals surface area (Å²) in [5.41, 5.74) is 0. The molecular weight excluding hydrogens is 254 g/mol. The smallest absolute Gasteiger partial charge is 0.407 e. The van der Waals surface area contributed by atoms with Crippen LogP contribution in [-0.2, 0) is 23.8 Å². The second-order valence-corrected chi connectivity index (χ2v) is 3.81. The van der Waals surface area contributed by atoms with Crippen molar-refractivity contribution in [2.24, 2.45) is 0 Å². The van der Waals surface area contributed by atoms with Crippen LogP contribution < -0.4 is 5.32 Å². The van der Waals surface area contributed by atoms with Crippen molar-refractivity contribution in [2.45, 2.75) is 26.3 Å². The van der Waals surface area contributed by atoms with Gasteiger partial charge in [-0.25, -0.2) is 14.4 Å². The van der Waals surface area contributed by atoms with E-state index in [9.17, 15) is 14.4 Å². The van der Waals surface area contributed by atoms with Crippen LogP contribution in [0.15, 0.2) is 12.2 Å². The van der Waals surface area contributed by atoms with Gasteiger partial charge in [-0.1, -0.05) is 0 Å². The fourth-order valence-corrected chi connectivity index (χ4v) is 0.926. The van der Waals surface area contributed by atoms with E-state index >= 15 is 0 Å². The maximum atomic E-state index is 11.1. The van der Waals surface area contributed by atoms with Gasteiger partial charge in [-0.2, -0.15) is 0 Å². The first kappa shape index (κ1) is 16.9. The normalized spacial score (nSPS) is 10.3. The van der Waals surface area contributed by atoms with Gasteiger partial charge < -0.3 is 19.5 Å². The molecule has 0 radical (unpaired) electrons. The van der Waals surface area contributed by atoms with Gasteiger partial charge in [-0.05, 0) is 13.8 Å². The summed E-state index contributed by atoms with van der Waals surface area (Å²) in [4.78, 5) is 32.8. The van der Waals surface area contributed by atoms with E-state index in [0.29, 0.717) is 6.42 Å². The summed E-state index contributed by atoms with van der Waals surface area (Å²) >= 11 is 0. The lowest BCUT2D eigenvalue weighted by molar-refractivity contribution is -0.139. The lowest BCUT2D eigenvalue weighted by Crippen LogP contribution is -2.31. The number of esters is 2. The van der Waals surface area contributed by atoms with Crippen molar-refractivity contribution < 1.29 is 28.6 Å². The van der Waals surface area contributed by atoms with Gasteiger partial charge in [0.1, 0.15) is 0 Å². The van der Waals surface area contributed by atoms with Gasteiger partial charge in [-0.15, -0.1) is 0 Å². The number of hydrogen-bond donors (Lipinski definition) is 1. The third-order valence-electron chi connectivity index (χ3n) is 1.73. The molecule has 0 saturated heterocycles. The van der Waals surface area contributed by atoms with Crippen LogP contribution in [-0.4, -0.2) is 44.4 Å². The number of alkyl carbamates (subject to hydrolysis) is 1. The standard InChI is InChI=1S/C12H19NO6/c1-9(2)13-12(16)19-8-4-7-18-11(15)6-5-10(14)17-3/h5-6,9H,4,7-8H2,1-3H3,(H,13,16)/b6-5+. The van der Waals surface area contributed by atoms with E-state index in [0.717, 1.165) is 12.2 Å². The summed E-state index contributed by atoms with van der Waals surface area (Å²) in [6, 6.07) is 0.00814. The van der Waals surface area contributed by atoms with E-state index in [4.69, 9.17) is 9.47 Å². The highest BCUT2D eigenvalue weighted by molar-refractivity contribution is 5.91. The predicted molar refractivity (Wildman–Crippen MR) is 66.4 cm³/mol. The Morgan fingerprint density at radius 3 is 2.21 bits per heavy atom. The van der Waals surface area contributed by atoms with Crippen molar-refractivity contribution in [3.05, 3.63) is 12.2 Å². The van der Waals surface area contributed by atoms with Gasteiger partial charge in [0.15, 0.2) is 0 Å². The van der Waals surface area contributed by atoms with Crippen molar-refractivity contribution in [1.82, 2.24) is 5.32 Å². The minimum atomic E-state index is -0.656. The summed E-state index contributed by atoms with van der Waals surface area (Å²) in [6.07, 6.45) is 1.81. The molecule has 1 N–H and O–H groups in total. The molecule has 7 nitrogen and oxygen atoms in total. The number of nitrogens with one attached hydrogen (secondary N) is 1. The monoisotopic (exact) mass is 273 g/mol. The molecule has 0 aromatic rings. The van der Waals surface area contributed by atoms with Crippen molar-refractivity contribution in [2.75, 3.05) is 20.3 Å². The molecule has 0 atom stereocenters. The molecule has 0 bridgehead atoms. The van der Waals surface area contributed by atoms with Crippen LogP contribution in [0.2, 0.25) is 0 Å².